The molecule has 0 atom stereocenters. The van der Waals surface area contributed by atoms with E-state index in [1.807, 2.05) is 54.7 Å². The Morgan fingerprint density at radius 1 is 0.850 bits per heavy atom. The van der Waals surface area contributed by atoms with Crippen LogP contribution >= 0.6 is 0 Å². The Bertz CT molecular complexity index is 708. The minimum Gasteiger partial charge on any atom is -0.397 e. The van der Waals surface area contributed by atoms with Gasteiger partial charge in [-0.15, -0.1) is 0 Å². The van der Waals surface area contributed by atoms with Crippen molar-refractivity contribution < 1.29 is 0 Å². The third-order valence-electron chi connectivity index (χ3n) is 3.10. The van der Waals surface area contributed by atoms with Crippen molar-refractivity contribution in [1.82, 2.24) is 4.98 Å². The number of rotatable bonds is 3. The smallest absolute Gasteiger partial charge is 0.0617 e. The van der Waals surface area contributed by atoms with E-state index in [1.54, 1.807) is 6.20 Å². The van der Waals surface area contributed by atoms with Gasteiger partial charge < -0.3 is 11.1 Å². The van der Waals surface area contributed by atoms with Crippen LogP contribution in [0, 0.1) is 0 Å². The highest BCUT2D eigenvalue weighted by Crippen LogP contribution is 2.26. The average Bonchev–Trinajstić information content (AvgIpc) is 2.51. The van der Waals surface area contributed by atoms with E-state index in [-0.39, 0.29) is 0 Å². The van der Waals surface area contributed by atoms with Crippen LogP contribution in [0.3, 0.4) is 0 Å². The molecule has 3 aromatic rings. The molecule has 3 N–H and O–H groups in total. The summed E-state index contributed by atoms with van der Waals surface area (Å²) in [4.78, 5) is 4.15. The standard InChI is InChI=1S/C17H15N3/c18-16-8-1-2-9-17(16)20-15-7-3-5-13(11-15)14-6-4-10-19-12-14/h1-12,20H,18H2. The molecule has 3 nitrogen and oxygen atoms in total. The van der Waals surface area contributed by atoms with Crippen molar-refractivity contribution in [3.8, 4) is 11.1 Å². The Balaban J connectivity index is 1.91. The summed E-state index contributed by atoms with van der Waals surface area (Å²) in [5.41, 5.74) is 10.8. The molecule has 0 aliphatic rings. The maximum absolute atomic E-state index is 5.95. The van der Waals surface area contributed by atoms with E-state index in [0.717, 1.165) is 28.2 Å². The van der Waals surface area contributed by atoms with Gasteiger partial charge in [0.05, 0.1) is 11.4 Å². The predicted molar refractivity (Wildman–Crippen MR) is 83.8 cm³/mol. The molecule has 0 amide bonds. The number of nitrogen functional groups attached to an aromatic ring is 1. The monoisotopic (exact) mass is 261 g/mol. The maximum Gasteiger partial charge on any atom is 0.0617 e. The van der Waals surface area contributed by atoms with Crippen LogP contribution in [0.1, 0.15) is 0 Å². The lowest BCUT2D eigenvalue weighted by atomic mass is 10.1. The fraction of sp³-hybridized carbons (Fsp3) is 0. The molecule has 98 valence electrons. The van der Waals surface area contributed by atoms with Gasteiger partial charge in [-0.1, -0.05) is 30.3 Å². The van der Waals surface area contributed by atoms with Gasteiger partial charge in [-0.25, -0.2) is 0 Å². The normalized spacial score (nSPS) is 10.2. The number of nitrogens with two attached hydrogens (primary N) is 1. The van der Waals surface area contributed by atoms with Crippen LogP contribution in [0.2, 0.25) is 0 Å². The highest BCUT2D eigenvalue weighted by Gasteiger charge is 2.01. The zero-order valence-electron chi connectivity index (χ0n) is 11.0. The molecule has 0 fully saturated rings. The lowest BCUT2D eigenvalue weighted by molar-refractivity contribution is 1.33. The molecule has 0 saturated heterocycles. The molecule has 0 bridgehead atoms. The number of nitrogens with zero attached hydrogens (tertiary/aromatic N) is 1. The van der Waals surface area contributed by atoms with E-state index >= 15 is 0 Å². The Hall–Kier alpha value is -2.81. The summed E-state index contributed by atoms with van der Waals surface area (Å²) in [5.74, 6) is 0. The summed E-state index contributed by atoms with van der Waals surface area (Å²) in [5, 5.41) is 3.34. The van der Waals surface area contributed by atoms with Crippen molar-refractivity contribution in [2.75, 3.05) is 11.1 Å². The lowest BCUT2D eigenvalue weighted by Crippen LogP contribution is -1.95. The van der Waals surface area contributed by atoms with Crippen LogP contribution in [0.4, 0.5) is 17.1 Å². The first-order valence-corrected chi connectivity index (χ1v) is 6.45. The predicted octanol–water partition coefficient (Wildman–Crippen LogP) is 4.07. The number of para-hydroxylation sites is 2. The first-order valence-electron chi connectivity index (χ1n) is 6.45. The third kappa shape index (κ3) is 2.62. The first kappa shape index (κ1) is 12.2. The Morgan fingerprint density at radius 2 is 1.70 bits per heavy atom. The van der Waals surface area contributed by atoms with Gasteiger partial charge in [0.2, 0.25) is 0 Å². The largest absolute Gasteiger partial charge is 0.397 e. The van der Waals surface area contributed by atoms with Crippen molar-refractivity contribution >= 4 is 17.1 Å². The van der Waals surface area contributed by atoms with Gasteiger partial charge in [-0.3, -0.25) is 4.98 Å². The van der Waals surface area contributed by atoms with E-state index < -0.39 is 0 Å². The van der Waals surface area contributed by atoms with Crippen LogP contribution in [0.15, 0.2) is 73.1 Å². The summed E-state index contributed by atoms with van der Waals surface area (Å²) in [7, 11) is 0. The van der Waals surface area contributed by atoms with Gasteiger partial charge in [-0.05, 0) is 35.9 Å². The Kier molecular flexibility index (Phi) is 3.33. The van der Waals surface area contributed by atoms with Crippen LogP contribution in [0.25, 0.3) is 11.1 Å². The number of hydrogen-bond acceptors (Lipinski definition) is 3. The topological polar surface area (TPSA) is 50.9 Å². The Labute approximate surface area is 118 Å². The van der Waals surface area contributed by atoms with Gasteiger partial charge in [0.1, 0.15) is 0 Å². The highest BCUT2D eigenvalue weighted by molar-refractivity contribution is 5.75. The van der Waals surface area contributed by atoms with Crippen LogP contribution < -0.4 is 11.1 Å². The zero-order valence-corrected chi connectivity index (χ0v) is 11.0. The number of benzene rings is 2. The average molecular weight is 261 g/mol. The molecule has 0 saturated carbocycles. The first-order chi connectivity index (χ1) is 9.83. The minimum absolute atomic E-state index is 0.735. The summed E-state index contributed by atoms with van der Waals surface area (Å²) >= 11 is 0. The van der Waals surface area contributed by atoms with Gasteiger partial charge in [-0.2, -0.15) is 0 Å². The van der Waals surface area contributed by atoms with Gasteiger partial charge in [0.25, 0.3) is 0 Å². The van der Waals surface area contributed by atoms with Crippen molar-refractivity contribution in [2.24, 2.45) is 0 Å². The molecular formula is C17H15N3. The summed E-state index contributed by atoms with van der Waals surface area (Å²) < 4.78 is 0. The summed E-state index contributed by atoms with van der Waals surface area (Å²) in [6.45, 7) is 0. The second-order valence-corrected chi connectivity index (χ2v) is 4.53. The molecular weight excluding hydrogens is 246 g/mol. The number of nitrogens with one attached hydrogen (secondary N) is 1. The fourth-order valence-electron chi connectivity index (χ4n) is 2.08. The van der Waals surface area contributed by atoms with Crippen LogP contribution in [0.5, 0.6) is 0 Å². The molecule has 0 unspecified atom stereocenters. The molecule has 0 aliphatic heterocycles. The van der Waals surface area contributed by atoms with E-state index in [9.17, 15) is 0 Å². The van der Waals surface area contributed by atoms with Crippen LogP contribution in [-0.4, -0.2) is 4.98 Å². The van der Waals surface area contributed by atoms with Gasteiger partial charge >= 0.3 is 0 Å². The second-order valence-electron chi connectivity index (χ2n) is 4.53. The molecule has 0 spiro atoms. The molecule has 1 aromatic heterocycles. The van der Waals surface area contributed by atoms with Crippen molar-refractivity contribution in [3.05, 3.63) is 73.1 Å². The van der Waals surface area contributed by atoms with Gasteiger partial charge in [0.15, 0.2) is 0 Å². The number of pyridine rings is 1. The van der Waals surface area contributed by atoms with E-state index in [4.69, 9.17) is 5.73 Å². The Morgan fingerprint density at radius 3 is 2.50 bits per heavy atom. The second kappa shape index (κ2) is 5.45. The zero-order chi connectivity index (χ0) is 13.8. The quantitative estimate of drug-likeness (QED) is 0.699. The van der Waals surface area contributed by atoms with Crippen molar-refractivity contribution in [1.29, 1.82) is 0 Å². The minimum atomic E-state index is 0.735. The van der Waals surface area contributed by atoms with Crippen LogP contribution in [-0.2, 0) is 0 Å². The lowest BCUT2D eigenvalue weighted by Gasteiger charge is -2.10. The van der Waals surface area contributed by atoms with E-state index in [2.05, 4.69) is 22.4 Å². The molecule has 0 radical (unpaired) electrons. The van der Waals surface area contributed by atoms with Gasteiger partial charge in [0, 0.05) is 23.6 Å². The third-order valence-corrected chi connectivity index (χ3v) is 3.10. The fourth-order valence-corrected chi connectivity index (χ4v) is 2.08. The summed E-state index contributed by atoms with van der Waals surface area (Å²) in [6, 6.07) is 19.9. The van der Waals surface area contributed by atoms with E-state index in [0.29, 0.717) is 0 Å². The maximum atomic E-state index is 5.95. The highest BCUT2D eigenvalue weighted by atomic mass is 14.9. The number of anilines is 3. The molecule has 3 rings (SSSR count). The molecule has 1 heterocycles. The SMILES string of the molecule is Nc1ccccc1Nc1cccc(-c2cccnc2)c1. The molecule has 20 heavy (non-hydrogen) atoms. The van der Waals surface area contributed by atoms with E-state index in [1.165, 1.54) is 0 Å². The number of hydrogen-bond donors (Lipinski definition) is 2. The number of aromatic nitrogens is 1. The molecule has 0 aliphatic carbocycles. The molecule has 2 aromatic carbocycles. The molecule has 3 heteroatoms. The summed E-state index contributed by atoms with van der Waals surface area (Å²) in [6.07, 6.45) is 3.63. The van der Waals surface area contributed by atoms with Crippen molar-refractivity contribution in [2.45, 2.75) is 0 Å². The van der Waals surface area contributed by atoms with Crippen molar-refractivity contribution in [3.63, 3.8) is 0 Å².